The molecular formula is C15H13N3OS. The van der Waals surface area contributed by atoms with E-state index in [1.807, 2.05) is 28.9 Å². The van der Waals surface area contributed by atoms with Crippen molar-refractivity contribution in [3.8, 4) is 11.3 Å². The summed E-state index contributed by atoms with van der Waals surface area (Å²) in [5, 5.41) is 0. The lowest BCUT2D eigenvalue weighted by atomic mass is 10.0. The number of carbonyl (C=O) groups is 1. The highest BCUT2D eigenvalue weighted by Crippen LogP contribution is 2.47. The summed E-state index contributed by atoms with van der Waals surface area (Å²) in [5.74, 6) is 0.639. The number of rotatable bonds is 3. The number of carbonyl (C=O) groups excluding carboxylic acids is 1. The number of aromatic nitrogens is 3. The van der Waals surface area contributed by atoms with E-state index in [-0.39, 0.29) is 5.78 Å². The fourth-order valence-electron chi connectivity index (χ4n) is 2.57. The maximum atomic E-state index is 11.8. The molecule has 0 aromatic carbocycles. The number of Topliss-reactive ketones (excluding diaryl/α,β-unsaturated/α-hetero) is 1. The number of hydrogen-bond acceptors (Lipinski definition) is 4. The van der Waals surface area contributed by atoms with Gasteiger partial charge in [0.15, 0.2) is 5.78 Å². The monoisotopic (exact) mass is 283 g/mol. The molecule has 3 aromatic rings. The molecule has 20 heavy (non-hydrogen) atoms. The number of pyridine rings is 1. The van der Waals surface area contributed by atoms with Gasteiger partial charge in [-0.25, -0.2) is 4.98 Å². The Balaban J connectivity index is 1.90. The van der Waals surface area contributed by atoms with E-state index >= 15 is 0 Å². The first kappa shape index (κ1) is 11.8. The van der Waals surface area contributed by atoms with Crippen LogP contribution in [-0.2, 0) is 0 Å². The van der Waals surface area contributed by atoms with Crippen molar-refractivity contribution >= 4 is 23.0 Å². The van der Waals surface area contributed by atoms with E-state index in [1.54, 1.807) is 13.1 Å². The van der Waals surface area contributed by atoms with Gasteiger partial charge in [0.25, 0.3) is 0 Å². The van der Waals surface area contributed by atoms with Crippen LogP contribution in [0.4, 0.5) is 0 Å². The second-order valence-electron chi connectivity index (χ2n) is 5.21. The highest BCUT2D eigenvalue weighted by Gasteiger charge is 2.32. The summed E-state index contributed by atoms with van der Waals surface area (Å²) in [6.45, 7) is 1.63. The van der Waals surface area contributed by atoms with Gasteiger partial charge in [-0.1, -0.05) is 0 Å². The maximum absolute atomic E-state index is 11.8. The SMILES string of the molecule is CC(=O)c1snc(-c2ccc3nccn3c2)c1C1CC1. The van der Waals surface area contributed by atoms with E-state index in [0.29, 0.717) is 5.92 Å². The zero-order valence-corrected chi connectivity index (χ0v) is 11.9. The van der Waals surface area contributed by atoms with Crippen molar-refractivity contribution in [3.63, 3.8) is 0 Å². The lowest BCUT2D eigenvalue weighted by Gasteiger charge is -2.04. The molecule has 0 amide bonds. The van der Waals surface area contributed by atoms with Crippen LogP contribution in [-0.4, -0.2) is 19.5 Å². The second-order valence-corrected chi connectivity index (χ2v) is 5.99. The molecule has 4 rings (SSSR count). The van der Waals surface area contributed by atoms with Crippen LogP contribution in [0, 0.1) is 0 Å². The Kier molecular flexibility index (Phi) is 2.50. The number of ketones is 1. The first-order valence-corrected chi connectivity index (χ1v) is 7.45. The minimum absolute atomic E-state index is 0.124. The van der Waals surface area contributed by atoms with Crippen LogP contribution >= 0.6 is 11.5 Å². The Morgan fingerprint density at radius 2 is 2.25 bits per heavy atom. The summed E-state index contributed by atoms with van der Waals surface area (Å²) in [5.41, 5.74) is 4.10. The molecule has 5 heteroatoms. The first-order valence-electron chi connectivity index (χ1n) is 6.67. The first-order chi connectivity index (χ1) is 9.74. The highest BCUT2D eigenvalue weighted by atomic mass is 32.1. The van der Waals surface area contributed by atoms with Gasteiger partial charge in [0.2, 0.25) is 0 Å². The Morgan fingerprint density at radius 1 is 1.40 bits per heavy atom. The van der Waals surface area contributed by atoms with Crippen LogP contribution in [0.15, 0.2) is 30.7 Å². The van der Waals surface area contributed by atoms with Crippen LogP contribution in [0.2, 0.25) is 0 Å². The number of fused-ring (bicyclic) bond motifs is 1. The van der Waals surface area contributed by atoms with Crippen molar-refractivity contribution in [2.75, 3.05) is 0 Å². The average molecular weight is 283 g/mol. The molecule has 1 fully saturated rings. The molecule has 0 spiro atoms. The summed E-state index contributed by atoms with van der Waals surface area (Å²) in [6, 6.07) is 4.02. The molecule has 1 aliphatic carbocycles. The Labute approximate surface area is 120 Å². The molecule has 100 valence electrons. The number of nitrogens with zero attached hydrogens (tertiary/aromatic N) is 3. The summed E-state index contributed by atoms with van der Waals surface area (Å²) in [7, 11) is 0. The van der Waals surface area contributed by atoms with Crippen LogP contribution in [0.1, 0.15) is 40.9 Å². The van der Waals surface area contributed by atoms with Gasteiger partial charge in [0.1, 0.15) is 5.65 Å². The molecule has 0 bridgehead atoms. The number of hydrogen-bond donors (Lipinski definition) is 0. The van der Waals surface area contributed by atoms with E-state index in [9.17, 15) is 4.79 Å². The average Bonchev–Trinajstić information content (AvgIpc) is 3.02. The zero-order valence-electron chi connectivity index (χ0n) is 11.0. The minimum Gasteiger partial charge on any atom is -0.306 e. The molecule has 1 saturated carbocycles. The molecule has 0 unspecified atom stereocenters. The molecule has 0 aliphatic heterocycles. The molecular weight excluding hydrogens is 270 g/mol. The lowest BCUT2D eigenvalue weighted by molar-refractivity contribution is 0.102. The van der Waals surface area contributed by atoms with Gasteiger partial charge in [-0.3, -0.25) is 4.79 Å². The van der Waals surface area contributed by atoms with Crippen LogP contribution in [0.3, 0.4) is 0 Å². The van der Waals surface area contributed by atoms with Crippen molar-refractivity contribution < 1.29 is 4.79 Å². The molecule has 1 aliphatic rings. The van der Waals surface area contributed by atoms with Crippen LogP contribution in [0.5, 0.6) is 0 Å². The largest absolute Gasteiger partial charge is 0.306 e. The van der Waals surface area contributed by atoms with Gasteiger partial charge in [-0.2, -0.15) is 4.37 Å². The molecule has 0 N–H and O–H groups in total. The third-order valence-corrected chi connectivity index (χ3v) is 4.66. The summed E-state index contributed by atoms with van der Waals surface area (Å²) in [4.78, 5) is 16.8. The van der Waals surface area contributed by atoms with Crippen molar-refractivity contribution in [3.05, 3.63) is 41.2 Å². The maximum Gasteiger partial charge on any atom is 0.171 e. The Morgan fingerprint density at radius 3 is 3.00 bits per heavy atom. The van der Waals surface area contributed by atoms with Gasteiger partial charge in [0, 0.05) is 36.6 Å². The van der Waals surface area contributed by atoms with E-state index < -0.39 is 0 Å². The topological polar surface area (TPSA) is 47.3 Å². The smallest absolute Gasteiger partial charge is 0.171 e. The lowest BCUT2D eigenvalue weighted by Crippen LogP contribution is -1.95. The minimum atomic E-state index is 0.124. The van der Waals surface area contributed by atoms with Gasteiger partial charge >= 0.3 is 0 Å². The summed E-state index contributed by atoms with van der Waals surface area (Å²) >= 11 is 1.33. The van der Waals surface area contributed by atoms with Gasteiger partial charge in [0.05, 0.1) is 10.6 Å². The van der Waals surface area contributed by atoms with Gasteiger partial charge in [-0.15, -0.1) is 0 Å². The van der Waals surface area contributed by atoms with Crippen molar-refractivity contribution in [2.24, 2.45) is 0 Å². The van der Waals surface area contributed by atoms with Gasteiger partial charge in [-0.05, 0) is 42.4 Å². The highest BCUT2D eigenvalue weighted by molar-refractivity contribution is 7.08. The molecule has 4 nitrogen and oxygen atoms in total. The van der Waals surface area contributed by atoms with Crippen LogP contribution < -0.4 is 0 Å². The summed E-state index contributed by atoms with van der Waals surface area (Å²) < 4.78 is 6.53. The third-order valence-electron chi connectivity index (χ3n) is 3.70. The fourth-order valence-corrected chi connectivity index (χ4v) is 3.45. The zero-order chi connectivity index (χ0) is 13.7. The van der Waals surface area contributed by atoms with E-state index in [2.05, 4.69) is 9.36 Å². The normalized spacial score (nSPS) is 14.8. The van der Waals surface area contributed by atoms with E-state index in [1.165, 1.54) is 24.4 Å². The molecule has 3 heterocycles. The molecule has 0 saturated heterocycles. The third kappa shape index (κ3) is 1.78. The van der Waals surface area contributed by atoms with Gasteiger partial charge < -0.3 is 4.40 Å². The Hall–Kier alpha value is -2.01. The predicted molar refractivity (Wildman–Crippen MR) is 78.3 cm³/mol. The van der Waals surface area contributed by atoms with Crippen molar-refractivity contribution in [1.82, 2.24) is 13.8 Å². The van der Waals surface area contributed by atoms with E-state index in [4.69, 9.17) is 0 Å². The second kappa shape index (κ2) is 4.24. The Bertz CT molecular complexity index is 814. The van der Waals surface area contributed by atoms with Crippen LogP contribution in [0.25, 0.3) is 16.9 Å². The van der Waals surface area contributed by atoms with Crippen molar-refractivity contribution in [1.29, 1.82) is 0 Å². The standard InChI is InChI=1S/C15H13N3OS/c1-9(19)15-13(10-2-3-10)14(17-20-15)11-4-5-12-16-6-7-18(12)8-11/h4-8,10H,2-3H2,1H3. The van der Waals surface area contributed by atoms with E-state index in [0.717, 1.165) is 27.3 Å². The predicted octanol–water partition coefficient (Wildman–Crippen LogP) is 3.54. The quantitative estimate of drug-likeness (QED) is 0.691. The number of imidazole rings is 1. The summed E-state index contributed by atoms with van der Waals surface area (Å²) in [6.07, 6.45) is 8.07. The van der Waals surface area contributed by atoms with Crippen molar-refractivity contribution in [2.45, 2.75) is 25.7 Å². The molecule has 3 aromatic heterocycles. The molecule has 0 radical (unpaired) electrons. The molecule has 0 atom stereocenters. The fraction of sp³-hybridized carbons (Fsp3) is 0.267.